The number of nitrogens with one attached hydrogen (secondary N) is 2. The van der Waals surface area contributed by atoms with Crippen LogP contribution < -0.4 is 10.6 Å². The minimum Gasteiger partial charge on any atom is -0.396 e. The first-order chi connectivity index (χ1) is 13.8. The van der Waals surface area contributed by atoms with Crippen molar-refractivity contribution in [3.63, 3.8) is 0 Å². The highest BCUT2D eigenvalue weighted by molar-refractivity contribution is 7.11. The molecule has 6 heteroatoms. The van der Waals surface area contributed by atoms with E-state index in [-0.39, 0.29) is 12.5 Å². The molecule has 1 unspecified atom stereocenters. The topological polar surface area (TPSA) is 69.5 Å². The zero-order valence-electron chi connectivity index (χ0n) is 16.8. The van der Waals surface area contributed by atoms with Gasteiger partial charge in [-0.05, 0) is 44.6 Å². The second-order valence-corrected chi connectivity index (χ2v) is 8.39. The molecule has 0 saturated carbocycles. The van der Waals surface area contributed by atoms with Crippen LogP contribution in [0.25, 0.3) is 0 Å². The summed E-state index contributed by atoms with van der Waals surface area (Å²) >= 11 is 1.91. The Labute approximate surface area is 172 Å². The first-order valence-corrected chi connectivity index (χ1v) is 11.3. The molecule has 1 aromatic heterocycles. The van der Waals surface area contributed by atoms with Gasteiger partial charge in [0.05, 0.1) is 23.9 Å². The lowest BCUT2D eigenvalue weighted by molar-refractivity contribution is 0.268. The molecule has 1 aliphatic carbocycles. The predicted octanol–water partition coefficient (Wildman–Crippen LogP) is 3.29. The van der Waals surface area contributed by atoms with Crippen LogP contribution in [0.2, 0.25) is 0 Å². The van der Waals surface area contributed by atoms with Gasteiger partial charge in [0.2, 0.25) is 0 Å². The van der Waals surface area contributed by atoms with Crippen molar-refractivity contribution < 1.29 is 5.11 Å². The molecule has 1 aliphatic rings. The summed E-state index contributed by atoms with van der Waals surface area (Å²) in [6, 6.07) is 10.1. The molecule has 0 saturated heterocycles. The van der Waals surface area contributed by atoms with Gasteiger partial charge in [0.1, 0.15) is 0 Å². The van der Waals surface area contributed by atoms with Crippen molar-refractivity contribution in [3.05, 3.63) is 51.5 Å². The van der Waals surface area contributed by atoms with Crippen molar-refractivity contribution in [3.8, 4) is 0 Å². The summed E-state index contributed by atoms with van der Waals surface area (Å²) < 4.78 is 0. The van der Waals surface area contributed by atoms with Crippen LogP contribution in [0.4, 0.5) is 0 Å². The lowest BCUT2D eigenvalue weighted by atomic mass is 10.0. The monoisotopic (exact) mass is 400 g/mol. The average Bonchev–Trinajstić information content (AvgIpc) is 3.15. The fourth-order valence-corrected chi connectivity index (χ4v) is 4.69. The summed E-state index contributed by atoms with van der Waals surface area (Å²) in [5.74, 6) is 0.841. The number of nitrogens with zero attached hydrogens (tertiary/aromatic N) is 2. The van der Waals surface area contributed by atoms with Gasteiger partial charge in [0.25, 0.3) is 0 Å². The average molecular weight is 401 g/mol. The van der Waals surface area contributed by atoms with Crippen molar-refractivity contribution >= 4 is 17.3 Å². The third-order valence-electron chi connectivity index (χ3n) is 5.06. The third kappa shape index (κ3) is 6.04. The van der Waals surface area contributed by atoms with Crippen molar-refractivity contribution in [2.45, 2.75) is 51.4 Å². The number of fused-ring (bicyclic) bond motifs is 1. The largest absolute Gasteiger partial charge is 0.396 e. The normalized spacial score (nSPS) is 15.1. The van der Waals surface area contributed by atoms with E-state index >= 15 is 0 Å². The highest BCUT2D eigenvalue weighted by atomic mass is 32.1. The van der Waals surface area contributed by atoms with E-state index in [1.165, 1.54) is 34.8 Å². The van der Waals surface area contributed by atoms with Crippen LogP contribution >= 0.6 is 11.3 Å². The Kier molecular flexibility index (Phi) is 8.30. The Hall–Kier alpha value is -1.92. The SMILES string of the molecule is CCNC(=NCC(CO)c1ccccc1)NCCCc1nc2c(s1)CCCC2. The van der Waals surface area contributed by atoms with Crippen LogP contribution in [0.3, 0.4) is 0 Å². The number of aliphatic hydroxyl groups is 1. The Balaban J connectivity index is 1.47. The molecule has 1 atom stereocenters. The van der Waals surface area contributed by atoms with Crippen LogP contribution in [-0.4, -0.2) is 42.3 Å². The number of thiazole rings is 1. The van der Waals surface area contributed by atoms with Gasteiger partial charge in [-0.2, -0.15) is 0 Å². The lowest BCUT2D eigenvalue weighted by Crippen LogP contribution is -2.38. The minimum atomic E-state index is 0.0262. The second-order valence-electron chi connectivity index (χ2n) is 7.22. The van der Waals surface area contributed by atoms with E-state index in [0.717, 1.165) is 43.9 Å². The summed E-state index contributed by atoms with van der Waals surface area (Å²) in [7, 11) is 0. The summed E-state index contributed by atoms with van der Waals surface area (Å²) in [5.41, 5.74) is 2.47. The Bertz CT molecular complexity index is 721. The minimum absolute atomic E-state index is 0.0262. The number of rotatable bonds is 9. The number of aromatic nitrogens is 1. The smallest absolute Gasteiger partial charge is 0.191 e. The van der Waals surface area contributed by atoms with E-state index in [1.807, 2.05) is 41.7 Å². The van der Waals surface area contributed by atoms with Gasteiger partial charge in [-0.15, -0.1) is 11.3 Å². The maximum atomic E-state index is 9.72. The molecule has 1 aromatic carbocycles. The number of aliphatic hydroxyl groups excluding tert-OH is 1. The summed E-state index contributed by atoms with van der Waals surface area (Å²) in [6.07, 6.45) is 7.05. The zero-order valence-corrected chi connectivity index (χ0v) is 17.6. The molecule has 28 heavy (non-hydrogen) atoms. The van der Waals surface area contributed by atoms with Crippen molar-refractivity contribution in [2.75, 3.05) is 26.2 Å². The van der Waals surface area contributed by atoms with Gasteiger partial charge < -0.3 is 15.7 Å². The van der Waals surface area contributed by atoms with Crippen LogP contribution in [-0.2, 0) is 19.3 Å². The van der Waals surface area contributed by atoms with Crippen molar-refractivity contribution in [2.24, 2.45) is 4.99 Å². The zero-order chi connectivity index (χ0) is 19.6. The highest BCUT2D eigenvalue weighted by Gasteiger charge is 2.14. The van der Waals surface area contributed by atoms with Crippen LogP contribution in [0.1, 0.15) is 53.2 Å². The Morgan fingerprint density at radius 3 is 2.79 bits per heavy atom. The number of hydrogen-bond acceptors (Lipinski definition) is 4. The predicted molar refractivity (Wildman–Crippen MR) is 117 cm³/mol. The summed E-state index contributed by atoms with van der Waals surface area (Å²) in [4.78, 5) is 11.0. The van der Waals surface area contributed by atoms with Crippen LogP contribution in [0.15, 0.2) is 35.3 Å². The number of benzene rings is 1. The van der Waals surface area contributed by atoms with E-state index in [2.05, 4.69) is 22.5 Å². The standard InChI is InChI=1S/C22H32N4OS/c1-2-23-22(25-15-18(16-27)17-9-4-3-5-10-17)24-14-8-13-21-26-19-11-6-7-12-20(19)28-21/h3-5,9-10,18,27H,2,6-8,11-16H2,1H3,(H2,23,24,25). The van der Waals surface area contributed by atoms with E-state index in [1.54, 1.807) is 0 Å². The molecule has 0 spiro atoms. The molecule has 0 radical (unpaired) electrons. The molecule has 0 bridgehead atoms. The highest BCUT2D eigenvalue weighted by Crippen LogP contribution is 2.27. The quantitative estimate of drug-likeness (QED) is 0.343. The van der Waals surface area contributed by atoms with Gasteiger partial charge in [-0.1, -0.05) is 30.3 Å². The van der Waals surface area contributed by atoms with E-state index in [0.29, 0.717) is 6.54 Å². The first kappa shape index (κ1) is 20.8. The van der Waals surface area contributed by atoms with Crippen LogP contribution in [0.5, 0.6) is 0 Å². The molecule has 3 N–H and O–H groups in total. The molecule has 152 valence electrons. The molecule has 1 heterocycles. The van der Waals surface area contributed by atoms with Gasteiger partial charge in [-0.25, -0.2) is 4.98 Å². The molecule has 2 aromatic rings. The van der Waals surface area contributed by atoms with Crippen molar-refractivity contribution in [1.29, 1.82) is 0 Å². The Morgan fingerprint density at radius 1 is 1.21 bits per heavy atom. The molecule has 0 amide bonds. The summed E-state index contributed by atoms with van der Waals surface area (Å²) in [5, 5.41) is 17.7. The van der Waals surface area contributed by atoms with Gasteiger partial charge >= 0.3 is 0 Å². The van der Waals surface area contributed by atoms with Gasteiger partial charge in [-0.3, -0.25) is 4.99 Å². The van der Waals surface area contributed by atoms with Crippen LogP contribution in [0, 0.1) is 0 Å². The molecule has 3 rings (SSSR count). The second kappa shape index (κ2) is 11.2. The van der Waals surface area contributed by atoms with Gasteiger partial charge in [0, 0.05) is 30.3 Å². The van der Waals surface area contributed by atoms with E-state index in [9.17, 15) is 5.11 Å². The third-order valence-corrected chi connectivity index (χ3v) is 6.27. The maximum absolute atomic E-state index is 9.72. The van der Waals surface area contributed by atoms with Crippen molar-refractivity contribution in [1.82, 2.24) is 15.6 Å². The number of aryl methyl sites for hydroxylation is 3. The number of guanidine groups is 1. The fraction of sp³-hybridized carbons (Fsp3) is 0.545. The van der Waals surface area contributed by atoms with E-state index in [4.69, 9.17) is 4.98 Å². The lowest BCUT2D eigenvalue weighted by Gasteiger charge is -2.15. The molecule has 0 aliphatic heterocycles. The molecular weight excluding hydrogens is 368 g/mol. The molecular formula is C22H32N4OS. The number of aliphatic imine (C=N–C) groups is 1. The van der Waals surface area contributed by atoms with Gasteiger partial charge in [0.15, 0.2) is 5.96 Å². The summed E-state index contributed by atoms with van der Waals surface area (Å²) in [6.45, 7) is 4.42. The fourth-order valence-electron chi connectivity index (χ4n) is 3.50. The first-order valence-electron chi connectivity index (χ1n) is 10.5. The molecule has 5 nitrogen and oxygen atoms in total. The number of hydrogen-bond donors (Lipinski definition) is 3. The molecule has 0 fully saturated rings. The van der Waals surface area contributed by atoms with E-state index < -0.39 is 0 Å². The maximum Gasteiger partial charge on any atom is 0.191 e. The Morgan fingerprint density at radius 2 is 2.04 bits per heavy atom.